The molecule has 2 rings (SSSR count). The third-order valence-electron chi connectivity index (χ3n) is 2.26. The van der Waals surface area contributed by atoms with E-state index in [0.29, 0.717) is 11.5 Å². The van der Waals surface area contributed by atoms with Gasteiger partial charge in [0.15, 0.2) is 5.82 Å². The summed E-state index contributed by atoms with van der Waals surface area (Å²) in [5.41, 5.74) is 0.521. The molecule has 1 aromatic heterocycles. The topological polar surface area (TPSA) is 97.1 Å². The van der Waals surface area contributed by atoms with E-state index in [2.05, 4.69) is 36.7 Å². The molecule has 0 radical (unpaired) electrons. The Hall–Kier alpha value is -2.22. The second kappa shape index (κ2) is 6.29. The number of benzene rings is 1. The van der Waals surface area contributed by atoms with Gasteiger partial charge in [-0.3, -0.25) is 9.59 Å². The Morgan fingerprint density at radius 1 is 1.35 bits per heavy atom. The predicted octanol–water partition coefficient (Wildman–Crippen LogP) is 1.40. The number of nitrogens with zero attached hydrogens (tertiary/aromatic N) is 2. The van der Waals surface area contributed by atoms with Gasteiger partial charge in [0.1, 0.15) is 0 Å². The standard InChI is InChI=1S/C12H11BrN4O3/c1-7-15-10(20-17-7)6-14-11(18)12(19)16-9-4-2-3-8(13)5-9/h2-5H,6H2,1H3,(H,14,18)(H,16,19). The van der Waals surface area contributed by atoms with E-state index in [1.165, 1.54) is 0 Å². The van der Waals surface area contributed by atoms with E-state index in [1.807, 2.05) is 6.07 Å². The highest BCUT2D eigenvalue weighted by atomic mass is 79.9. The van der Waals surface area contributed by atoms with Crippen LogP contribution in [0.2, 0.25) is 0 Å². The second-order valence-electron chi connectivity index (χ2n) is 3.88. The maximum atomic E-state index is 11.6. The van der Waals surface area contributed by atoms with Crippen LogP contribution in [0.1, 0.15) is 11.7 Å². The van der Waals surface area contributed by atoms with Crippen LogP contribution in [0.3, 0.4) is 0 Å². The average molecular weight is 339 g/mol. The Balaban J connectivity index is 1.87. The predicted molar refractivity (Wildman–Crippen MR) is 73.7 cm³/mol. The van der Waals surface area contributed by atoms with Crippen molar-refractivity contribution in [2.75, 3.05) is 5.32 Å². The normalized spacial score (nSPS) is 10.1. The molecular weight excluding hydrogens is 328 g/mol. The van der Waals surface area contributed by atoms with Crippen molar-refractivity contribution in [3.8, 4) is 0 Å². The summed E-state index contributed by atoms with van der Waals surface area (Å²) < 4.78 is 5.62. The van der Waals surface area contributed by atoms with E-state index in [9.17, 15) is 9.59 Å². The molecule has 104 valence electrons. The van der Waals surface area contributed by atoms with Crippen molar-refractivity contribution in [1.82, 2.24) is 15.5 Å². The van der Waals surface area contributed by atoms with Crippen molar-refractivity contribution in [3.63, 3.8) is 0 Å². The molecular formula is C12H11BrN4O3. The average Bonchev–Trinajstić information content (AvgIpc) is 2.81. The maximum absolute atomic E-state index is 11.6. The minimum atomic E-state index is -0.777. The molecule has 1 aromatic carbocycles. The minimum Gasteiger partial charge on any atom is -0.339 e. The van der Waals surface area contributed by atoms with Crippen LogP contribution in [-0.2, 0) is 16.1 Å². The van der Waals surface area contributed by atoms with Gasteiger partial charge >= 0.3 is 11.8 Å². The Bertz CT molecular complexity index is 641. The molecule has 0 aliphatic heterocycles. The number of aromatic nitrogens is 2. The number of halogens is 1. The van der Waals surface area contributed by atoms with E-state index in [-0.39, 0.29) is 12.4 Å². The summed E-state index contributed by atoms with van der Waals surface area (Å²) in [5.74, 6) is -0.834. The molecule has 2 aromatic rings. The van der Waals surface area contributed by atoms with E-state index >= 15 is 0 Å². The number of rotatable bonds is 3. The molecule has 0 unspecified atom stereocenters. The molecule has 2 N–H and O–H groups in total. The van der Waals surface area contributed by atoms with Gasteiger partial charge < -0.3 is 15.2 Å². The molecule has 0 fully saturated rings. The zero-order chi connectivity index (χ0) is 14.5. The molecule has 0 aliphatic carbocycles. The fraction of sp³-hybridized carbons (Fsp3) is 0.167. The Labute approximate surface area is 122 Å². The van der Waals surface area contributed by atoms with Crippen LogP contribution >= 0.6 is 15.9 Å². The summed E-state index contributed by atoms with van der Waals surface area (Å²) in [6.45, 7) is 1.67. The van der Waals surface area contributed by atoms with E-state index < -0.39 is 11.8 Å². The first-order valence-electron chi connectivity index (χ1n) is 5.68. The lowest BCUT2D eigenvalue weighted by Crippen LogP contribution is -2.35. The van der Waals surface area contributed by atoms with Gasteiger partial charge in [-0.2, -0.15) is 4.98 Å². The lowest BCUT2D eigenvalue weighted by atomic mass is 10.3. The lowest BCUT2D eigenvalue weighted by Gasteiger charge is -2.05. The molecule has 0 bridgehead atoms. The van der Waals surface area contributed by atoms with Gasteiger partial charge in [0.05, 0.1) is 6.54 Å². The quantitative estimate of drug-likeness (QED) is 0.824. The third-order valence-corrected chi connectivity index (χ3v) is 2.75. The fourth-order valence-corrected chi connectivity index (χ4v) is 1.80. The van der Waals surface area contributed by atoms with Gasteiger partial charge in [0.25, 0.3) is 0 Å². The molecule has 0 saturated heterocycles. The number of hydrogen-bond donors (Lipinski definition) is 2. The van der Waals surface area contributed by atoms with Crippen molar-refractivity contribution in [2.45, 2.75) is 13.5 Å². The van der Waals surface area contributed by atoms with Crippen LogP contribution in [0.25, 0.3) is 0 Å². The van der Waals surface area contributed by atoms with E-state index in [4.69, 9.17) is 4.52 Å². The molecule has 8 heteroatoms. The van der Waals surface area contributed by atoms with Crippen LogP contribution in [0.15, 0.2) is 33.3 Å². The first-order valence-corrected chi connectivity index (χ1v) is 6.48. The zero-order valence-corrected chi connectivity index (χ0v) is 12.1. The summed E-state index contributed by atoms with van der Waals surface area (Å²) >= 11 is 3.27. The highest BCUT2D eigenvalue weighted by Gasteiger charge is 2.14. The van der Waals surface area contributed by atoms with Crippen molar-refractivity contribution < 1.29 is 14.1 Å². The van der Waals surface area contributed by atoms with Gasteiger partial charge in [-0.15, -0.1) is 0 Å². The summed E-state index contributed by atoms with van der Waals surface area (Å²) in [5, 5.41) is 8.44. The SMILES string of the molecule is Cc1noc(CNC(=O)C(=O)Nc2cccc(Br)c2)n1. The van der Waals surface area contributed by atoms with Crippen molar-refractivity contribution in [1.29, 1.82) is 0 Å². The van der Waals surface area contributed by atoms with Crippen molar-refractivity contribution in [3.05, 3.63) is 40.5 Å². The molecule has 7 nitrogen and oxygen atoms in total. The number of aryl methyl sites for hydroxylation is 1. The molecule has 2 amide bonds. The van der Waals surface area contributed by atoms with Gasteiger partial charge in [-0.1, -0.05) is 27.2 Å². The van der Waals surface area contributed by atoms with Gasteiger partial charge in [0.2, 0.25) is 5.89 Å². The van der Waals surface area contributed by atoms with Gasteiger partial charge in [-0.05, 0) is 25.1 Å². The second-order valence-corrected chi connectivity index (χ2v) is 4.80. The first kappa shape index (κ1) is 14.2. The molecule has 0 spiro atoms. The van der Waals surface area contributed by atoms with Crippen LogP contribution in [0.5, 0.6) is 0 Å². The maximum Gasteiger partial charge on any atom is 0.313 e. The number of amides is 2. The third kappa shape index (κ3) is 3.89. The fourth-order valence-electron chi connectivity index (χ4n) is 1.40. The molecule has 20 heavy (non-hydrogen) atoms. The molecule has 0 aliphatic rings. The zero-order valence-electron chi connectivity index (χ0n) is 10.5. The van der Waals surface area contributed by atoms with Crippen molar-refractivity contribution in [2.24, 2.45) is 0 Å². The first-order chi connectivity index (χ1) is 9.54. The summed E-state index contributed by atoms with van der Waals surface area (Å²) in [4.78, 5) is 27.1. The van der Waals surface area contributed by atoms with E-state index in [0.717, 1.165) is 4.47 Å². The van der Waals surface area contributed by atoms with Crippen LogP contribution < -0.4 is 10.6 Å². The summed E-state index contributed by atoms with van der Waals surface area (Å²) in [6, 6.07) is 6.93. The highest BCUT2D eigenvalue weighted by molar-refractivity contribution is 9.10. The van der Waals surface area contributed by atoms with Crippen LogP contribution in [0.4, 0.5) is 5.69 Å². The highest BCUT2D eigenvalue weighted by Crippen LogP contribution is 2.15. The smallest absolute Gasteiger partial charge is 0.313 e. The summed E-state index contributed by atoms with van der Waals surface area (Å²) in [7, 11) is 0. The summed E-state index contributed by atoms with van der Waals surface area (Å²) in [6.07, 6.45) is 0. The van der Waals surface area contributed by atoms with E-state index in [1.54, 1.807) is 25.1 Å². The Morgan fingerprint density at radius 3 is 2.80 bits per heavy atom. The lowest BCUT2D eigenvalue weighted by molar-refractivity contribution is -0.136. The van der Waals surface area contributed by atoms with Crippen LogP contribution in [0, 0.1) is 6.92 Å². The number of nitrogens with one attached hydrogen (secondary N) is 2. The molecule has 1 heterocycles. The molecule has 0 saturated carbocycles. The van der Waals surface area contributed by atoms with Gasteiger partial charge in [-0.25, -0.2) is 0 Å². The largest absolute Gasteiger partial charge is 0.339 e. The number of carbonyl (C=O) groups is 2. The number of hydrogen-bond acceptors (Lipinski definition) is 5. The van der Waals surface area contributed by atoms with Crippen molar-refractivity contribution >= 4 is 33.4 Å². The molecule has 0 atom stereocenters. The number of anilines is 1. The van der Waals surface area contributed by atoms with Crippen LogP contribution in [-0.4, -0.2) is 22.0 Å². The number of carbonyl (C=O) groups excluding carboxylic acids is 2. The Morgan fingerprint density at radius 2 is 2.15 bits per heavy atom. The monoisotopic (exact) mass is 338 g/mol. The van der Waals surface area contributed by atoms with Gasteiger partial charge in [0, 0.05) is 10.2 Å². The minimum absolute atomic E-state index is 0.00553. The Kier molecular flexibility index (Phi) is 4.46.